The summed E-state index contributed by atoms with van der Waals surface area (Å²) in [6, 6.07) is 5.20. The Kier molecular flexibility index (Phi) is 4.25. The molecular formula is C14H23N3O2S. The second-order valence-corrected chi connectivity index (χ2v) is 7.91. The van der Waals surface area contributed by atoms with E-state index in [9.17, 15) is 8.42 Å². The minimum Gasteiger partial charge on any atom is -0.397 e. The Labute approximate surface area is 121 Å². The number of anilines is 2. The summed E-state index contributed by atoms with van der Waals surface area (Å²) in [6.07, 6.45) is 3.78. The zero-order chi connectivity index (χ0) is 14.9. The molecule has 0 heterocycles. The fourth-order valence-corrected chi connectivity index (χ4v) is 3.16. The third kappa shape index (κ3) is 3.43. The van der Waals surface area contributed by atoms with Crippen molar-refractivity contribution in [2.75, 3.05) is 25.1 Å². The van der Waals surface area contributed by atoms with Gasteiger partial charge in [-0.1, -0.05) is 12.8 Å². The standard InChI is InChI=1S/C14H23N3O2S/c1-10(8-11-4-5-11)16-14-7-6-12(9-13(14)15)20(18,19)17(2)3/h6-7,9-11,16H,4-5,8,15H2,1-3H3. The molecule has 1 aliphatic rings. The van der Waals surface area contributed by atoms with Crippen molar-refractivity contribution in [3.05, 3.63) is 18.2 Å². The van der Waals surface area contributed by atoms with Crippen LogP contribution in [-0.2, 0) is 10.0 Å². The number of hydrogen-bond donors (Lipinski definition) is 2. The van der Waals surface area contributed by atoms with Gasteiger partial charge in [-0.05, 0) is 37.5 Å². The predicted molar refractivity (Wildman–Crippen MR) is 82.2 cm³/mol. The van der Waals surface area contributed by atoms with Crippen LogP contribution < -0.4 is 11.1 Å². The molecule has 0 amide bonds. The highest BCUT2D eigenvalue weighted by molar-refractivity contribution is 7.89. The third-order valence-corrected chi connectivity index (χ3v) is 5.40. The van der Waals surface area contributed by atoms with Gasteiger partial charge in [-0.25, -0.2) is 12.7 Å². The van der Waals surface area contributed by atoms with Crippen molar-refractivity contribution < 1.29 is 8.42 Å². The average Bonchev–Trinajstić information content (AvgIpc) is 3.15. The molecule has 0 aliphatic heterocycles. The van der Waals surface area contributed by atoms with Crippen LogP contribution in [0.3, 0.4) is 0 Å². The van der Waals surface area contributed by atoms with E-state index in [0.29, 0.717) is 11.7 Å². The van der Waals surface area contributed by atoms with Crippen LogP contribution in [-0.4, -0.2) is 32.9 Å². The highest BCUT2D eigenvalue weighted by Gasteiger charge is 2.24. The average molecular weight is 297 g/mol. The van der Waals surface area contributed by atoms with Gasteiger partial charge < -0.3 is 11.1 Å². The molecule has 5 nitrogen and oxygen atoms in total. The second-order valence-electron chi connectivity index (χ2n) is 5.76. The van der Waals surface area contributed by atoms with Crippen LogP contribution in [0.1, 0.15) is 26.2 Å². The fraction of sp³-hybridized carbons (Fsp3) is 0.571. The first-order chi connectivity index (χ1) is 9.30. The van der Waals surface area contributed by atoms with Crippen molar-refractivity contribution in [2.45, 2.75) is 37.1 Å². The number of sulfonamides is 1. The van der Waals surface area contributed by atoms with Crippen LogP contribution >= 0.6 is 0 Å². The van der Waals surface area contributed by atoms with E-state index in [1.807, 2.05) is 0 Å². The van der Waals surface area contributed by atoms with Crippen LogP contribution in [0.4, 0.5) is 11.4 Å². The third-order valence-electron chi connectivity index (χ3n) is 3.59. The van der Waals surface area contributed by atoms with E-state index >= 15 is 0 Å². The summed E-state index contributed by atoms with van der Waals surface area (Å²) in [5.74, 6) is 0.840. The van der Waals surface area contributed by atoms with Crippen molar-refractivity contribution in [2.24, 2.45) is 5.92 Å². The first-order valence-electron chi connectivity index (χ1n) is 6.89. The number of hydrogen-bond acceptors (Lipinski definition) is 4. The van der Waals surface area contributed by atoms with Crippen molar-refractivity contribution in [1.29, 1.82) is 0 Å². The summed E-state index contributed by atoms with van der Waals surface area (Å²) in [4.78, 5) is 0.223. The van der Waals surface area contributed by atoms with Gasteiger partial charge in [-0.15, -0.1) is 0 Å². The number of benzene rings is 1. The molecule has 2 rings (SSSR count). The lowest BCUT2D eigenvalue weighted by Crippen LogP contribution is -2.22. The highest BCUT2D eigenvalue weighted by atomic mass is 32.2. The molecule has 0 radical (unpaired) electrons. The summed E-state index contributed by atoms with van der Waals surface area (Å²) in [5, 5.41) is 3.36. The molecule has 1 aliphatic carbocycles. The molecule has 3 N–H and O–H groups in total. The smallest absolute Gasteiger partial charge is 0.242 e. The Morgan fingerprint density at radius 2 is 2.05 bits per heavy atom. The molecule has 6 heteroatoms. The van der Waals surface area contributed by atoms with Crippen molar-refractivity contribution in [3.63, 3.8) is 0 Å². The summed E-state index contributed by atoms with van der Waals surface area (Å²) in [7, 11) is -0.409. The Hall–Kier alpha value is -1.27. The summed E-state index contributed by atoms with van der Waals surface area (Å²) < 4.78 is 25.2. The highest BCUT2D eigenvalue weighted by Crippen LogP contribution is 2.34. The Bertz CT molecular complexity index is 580. The van der Waals surface area contributed by atoms with Crippen molar-refractivity contribution in [3.8, 4) is 0 Å². The largest absolute Gasteiger partial charge is 0.397 e. The van der Waals surface area contributed by atoms with E-state index in [4.69, 9.17) is 5.73 Å². The molecule has 0 bridgehead atoms. The summed E-state index contributed by atoms with van der Waals surface area (Å²) in [6.45, 7) is 2.13. The van der Waals surface area contributed by atoms with Gasteiger partial charge in [-0.3, -0.25) is 0 Å². The summed E-state index contributed by atoms with van der Waals surface area (Å²) >= 11 is 0. The maximum atomic E-state index is 12.0. The minimum atomic E-state index is -3.43. The van der Waals surface area contributed by atoms with Gasteiger partial charge in [0.05, 0.1) is 16.3 Å². The van der Waals surface area contributed by atoms with Gasteiger partial charge in [0.2, 0.25) is 10.0 Å². The van der Waals surface area contributed by atoms with Crippen LogP contribution in [0.15, 0.2) is 23.1 Å². The first-order valence-corrected chi connectivity index (χ1v) is 8.33. The zero-order valence-electron chi connectivity index (χ0n) is 12.3. The Balaban J connectivity index is 2.13. The minimum absolute atomic E-state index is 0.223. The molecule has 1 aromatic carbocycles. The van der Waals surface area contributed by atoms with Gasteiger partial charge >= 0.3 is 0 Å². The van der Waals surface area contributed by atoms with Crippen LogP contribution in [0.5, 0.6) is 0 Å². The van der Waals surface area contributed by atoms with E-state index in [-0.39, 0.29) is 4.90 Å². The lowest BCUT2D eigenvalue weighted by Gasteiger charge is -2.18. The summed E-state index contributed by atoms with van der Waals surface area (Å²) in [5.41, 5.74) is 7.24. The molecule has 1 aromatic rings. The SMILES string of the molecule is CC(CC1CC1)Nc1ccc(S(=O)(=O)N(C)C)cc1N. The quantitative estimate of drug-likeness (QED) is 0.789. The number of nitrogens with two attached hydrogens (primary N) is 1. The van der Waals surface area contributed by atoms with Crippen LogP contribution in [0.2, 0.25) is 0 Å². The molecular weight excluding hydrogens is 274 g/mol. The maximum Gasteiger partial charge on any atom is 0.242 e. The van der Waals surface area contributed by atoms with Gasteiger partial charge in [0.15, 0.2) is 0 Å². The van der Waals surface area contributed by atoms with E-state index in [1.54, 1.807) is 12.1 Å². The molecule has 20 heavy (non-hydrogen) atoms. The second kappa shape index (κ2) is 5.61. The lowest BCUT2D eigenvalue weighted by molar-refractivity contribution is 0.521. The van der Waals surface area contributed by atoms with Crippen LogP contribution in [0, 0.1) is 5.92 Å². The number of nitrogens with zero attached hydrogens (tertiary/aromatic N) is 1. The van der Waals surface area contributed by atoms with Gasteiger partial charge in [0.1, 0.15) is 0 Å². The zero-order valence-corrected chi connectivity index (χ0v) is 13.1. The lowest BCUT2D eigenvalue weighted by atomic mass is 10.1. The Morgan fingerprint density at radius 3 is 2.55 bits per heavy atom. The number of nitrogens with one attached hydrogen (secondary N) is 1. The molecule has 1 unspecified atom stereocenters. The molecule has 112 valence electrons. The Morgan fingerprint density at radius 1 is 1.40 bits per heavy atom. The number of nitrogen functional groups attached to an aromatic ring is 1. The topological polar surface area (TPSA) is 75.4 Å². The number of rotatable bonds is 6. The molecule has 0 spiro atoms. The van der Waals surface area contributed by atoms with E-state index in [1.165, 1.54) is 37.3 Å². The van der Waals surface area contributed by atoms with Gasteiger partial charge in [0, 0.05) is 20.1 Å². The molecule has 0 aromatic heterocycles. The normalized spacial score (nSPS) is 17.2. The van der Waals surface area contributed by atoms with E-state index in [0.717, 1.165) is 18.0 Å². The van der Waals surface area contributed by atoms with Crippen LogP contribution in [0.25, 0.3) is 0 Å². The van der Waals surface area contributed by atoms with Crippen molar-refractivity contribution in [1.82, 2.24) is 4.31 Å². The monoisotopic (exact) mass is 297 g/mol. The first kappa shape index (κ1) is 15.1. The molecule has 0 saturated heterocycles. The molecule has 1 atom stereocenters. The van der Waals surface area contributed by atoms with E-state index < -0.39 is 10.0 Å². The maximum absolute atomic E-state index is 12.0. The molecule has 1 saturated carbocycles. The van der Waals surface area contributed by atoms with Gasteiger partial charge in [0.25, 0.3) is 0 Å². The van der Waals surface area contributed by atoms with E-state index in [2.05, 4.69) is 12.2 Å². The fourth-order valence-electron chi connectivity index (χ4n) is 2.22. The predicted octanol–water partition coefficient (Wildman–Crippen LogP) is 2.12. The van der Waals surface area contributed by atoms with Gasteiger partial charge in [-0.2, -0.15) is 0 Å². The molecule has 1 fully saturated rings. The van der Waals surface area contributed by atoms with Crippen molar-refractivity contribution >= 4 is 21.4 Å².